The highest BCUT2D eigenvalue weighted by molar-refractivity contribution is 5.81. The summed E-state index contributed by atoms with van der Waals surface area (Å²) in [4.78, 5) is 19.9. The van der Waals surface area contributed by atoms with Crippen molar-refractivity contribution in [1.82, 2.24) is 0 Å². The first-order chi connectivity index (χ1) is 15.9. The summed E-state index contributed by atoms with van der Waals surface area (Å²) in [5.41, 5.74) is 0. The lowest BCUT2D eigenvalue weighted by molar-refractivity contribution is -0.138. The van der Waals surface area contributed by atoms with Crippen molar-refractivity contribution in [3.63, 3.8) is 0 Å². The third-order valence-corrected chi connectivity index (χ3v) is 3.19. The highest BCUT2D eigenvalue weighted by atomic mass is 16.6. The Hall–Kier alpha value is -3.66. The van der Waals surface area contributed by atoms with Crippen LogP contribution in [-0.4, -0.2) is 66.6 Å². The predicted octanol–water partition coefficient (Wildman–Crippen LogP) is 2.44. The SMILES string of the molecule is C=CC(=O)O.C=CC(=O)OCCOc1ccccc1.OCCOCC(O)Oc1ccccc1. The second kappa shape index (κ2) is 20.3. The van der Waals surface area contributed by atoms with Gasteiger partial charge in [-0.2, -0.15) is 0 Å². The number of aliphatic hydroxyl groups excluding tert-OH is 2. The fourth-order valence-corrected chi connectivity index (χ4v) is 1.82. The number of carbonyl (C=O) groups excluding carboxylic acids is 1. The molecule has 2 aromatic rings. The molecule has 0 aliphatic heterocycles. The number of hydrogen-bond donors (Lipinski definition) is 3. The summed E-state index contributed by atoms with van der Waals surface area (Å²) in [5, 5.41) is 25.3. The normalized spacial score (nSPS) is 10.1. The summed E-state index contributed by atoms with van der Waals surface area (Å²) >= 11 is 0. The maximum Gasteiger partial charge on any atom is 0.330 e. The molecule has 0 heterocycles. The van der Waals surface area contributed by atoms with E-state index in [1.807, 2.05) is 48.5 Å². The van der Waals surface area contributed by atoms with E-state index in [0.29, 0.717) is 12.4 Å². The molecule has 2 aromatic carbocycles. The number of para-hydroxylation sites is 2. The quantitative estimate of drug-likeness (QED) is 0.188. The molecule has 0 saturated heterocycles. The second-order valence-corrected chi connectivity index (χ2v) is 5.76. The fourth-order valence-electron chi connectivity index (χ4n) is 1.82. The largest absolute Gasteiger partial charge is 0.490 e. The Labute approximate surface area is 193 Å². The van der Waals surface area contributed by atoms with E-state index in [2.05, 4.69) is 13.2 Å². The average Bonchev–Trinajstić information content (AvgIpc) is 2.84. The number of hydrogen-bond acceptors (Lipinski definition) is 8. The summed E-state index contributed by atoms with van der Waals surface area (Å²) < 4.78 is 20.0. The van der Waals surface area contributed by atoms with Crippen molar-refractivity contribution in [2.24, 2.45) is 0 Å². The first kappa shape index (κ1) is 29.3. The van der Waals surface area contributed by atoms with E-state index in [1.165, 1.54) is 0 Å². The fraction of sp³-hybridized carbons (Fsp3) is 0.250. The van der Waals surface area contributed by atoms with Crippen LogP contribution in [0.5, 0.6) is 11.5 Å². The van der Waals surface area contributed by atoms with Crippen molar-refractivity contribution < 1.29 is 43.9 Å². The van der Waals surface area contributed by atoms with Gasteiger partial charge in [-0.05, 0) is 24.3 Å². The average molecular weight is 462 g/mol. The van der Waals surface area contributed by atoms with Crippen LogP contribution in [-0.2, 0) is 19.1 Å². The Morgan fingerprint density at radius 2 is 1.42 bits per heavy atom. The van der Waals surface area contributed by atoms with Crippen molar-refractivity contribution in [2.75, 3.05) is 33.0 Å². The zero-order valence-corrected chi connectivity index (χ0v) is 18.2. The Morgan fingerprint density at radius 3 is 1.91 bits per heavy atom. The van der Waals surface area contributed by atoms with Crippen LogP contribution < -0.4 is 9.47 Å². The summed E-state index contributed by atoms with van der Waals surface area (Å²) in [7, 11) is 0. The molecule has 0 aliphatic carbocycles. The van der Waals surface area contributed by atoms with E-state index in [4.69, 9.17) is 29.2 Å². The van der Waals surface area contributed by atoms with Gasteiger partial charge in [0, 0.05) is 12.2 Å². The van der Waals surface area contributed by atoms with Crippen LogP contribution in [0, 0.1) is 0 Å². The minimum atomic E-state index is -0.996. The van der Waals surface area contributed by atoms with Crippen LogP contribution in [0.1, 0.15) is 0 Å². The summed E-state index contributed by atoms with van der Waals surface area (Å²) in [6.45, 7) is 7.03. The van der Waals surface area contributed by atoms with Crippen molar-refractivity contribution in [1.29, 1.82) is 0 Å². The van der Waals surface area contributed by atoms with E-state index in [-0.39, 0.29) is 26.4 Å². The first-order valence-corrected chi connectivity index (χ1v) is 9.83. The van der Waals surface area contributed by atoms with Gasteiger partial charge in [-0.25, -0.2) is 9.59 Å². The lowest BCUT2D eigenvalue weighted by atomic mass is 10.3. The van der Waals surface area contributed by atoms with Gasteiger partial charge >= 0.3 is 11.9 Å². The molecule has 0 amide bonds. The minimum absolute atomic E-state index is 0.0510. The van der Waals surface area contributed by atoms with Gasteiger partial charge in [-0.3, -0.25) is 0 Å². The maximum absolute atomic E-state index is 10.6. The van der Waals surface area contributed by atoms with Gasteiger partial charge in [0.2, 0.25) is 6.29 Å². The molecule has 1 atom stereocenters. The van der Waals surface area contributed by atoms with E-state index < -0.39 is 18.2 Å². The Bertz CT molecular complexity index is 779. The number of carboxylic acid groups (broad SMARTS) is 1. The van der Waals surface area contributed by atoms with Gasteiger partial charge in [-0.1, -0.05) is 49.6 Å². The molecule has 0 aromatic heterocycles. The summed E-state index contributed by atoms with van der Waals surface area (Å²) in [5.74, 6) is -0.0542. The summed E-state index contributed by atoms with van der Waals surface area (Å²) in [6, 6.07) is 18.3. The molecule has 0 spiro atoms. The molecule has 33 heavy (non-hydrogen) atoms. The minimum Gasteiger partial charge on any atom is -0.490 e. The summed E-state index contributed by atoms with van der Waals surface area (Å²) in [6.07, 6.45) is 0.964. The number of benzene rings is 2. The number of rotatable bonds is 12. The van der Waals surface area contributed by atoms with Gasteiger partial charge in [0.05, 0.1) is 13.2 Å². The monoisotopic (exact) mass is 462 g/mol. The topological polar surface area (TPSA) is 132 Å². The number of aliphatic carboxylic acids is 1. The van der Waals surface area contributed by atoms with Gasteiger partial charge in [0.1, 0.15) is 31.3 Å². The molecule has 9 nitrogen and oxygen atoms in total. The molecule has 1 unspecified atom stereocenters. The molecule has 180 valence electrons. The van der Waals surface area contributed by atoms with E-state index in [0.717, 1.165) is 17.9 Å². The van der Waals surface area contributed by atoms with Crippen molar-refractivity contribution in [3.8, 4) is 11.5 Å². The molecular weight excluding hydrogens is 432 g/mol. The number of esters is 1. The lowest BCUT2D eigenvalue weighted by Crippen LogP contribution is -2.23. The first-order valence-electron chi connectivity index (χ1n) is 9.83. The predicted molar refractivity (Wildman–Crippen MR) is 122 cm³/mol. The van der Waals surface area contributed by atoms with Crippen LogP contribution in [0.15, 0.2) is 86.0 Å². The Balaban J connectivity index is 0.000000517. The number of aliphatic hydroxyl groups is 2. The van der Waals surface area contributed by atoms with Crippen LogP contribution >= 0.6 is 0 Å². The van der Waals surface area contributed by atoms with Gasteiger partial charge < -0.3 is 34.3 Å². The third kappa shape index (κ3) is 18.8. The van der Waals surface area contributed by atoms with E-state index in [1.54, 1.807) is 12.1 Å². The zero-order valence-electron chi connectivity index (χ0n) is 18.2. The van der Waals surface area contributed by atoms with Crippen LogP contribution in [0.25, 0.3) is 0 Å². The number of carbonyl (C=O) groups is 2. The zero-order chi connectivity index (χ0) is 24.7. The van der Waals surface area contributed by atoms with Crippen molar-refractivity contribution in [3.05, 3.63) is 86.0 Å². The molecule has 0 saturated carbocycles. The molecule has 0 bridgehead atoms. The molecule has 9 heteroatoms. The molecule has 2 rings (SSSR count). The number of ether oxygens (including phenoxy) is 4. The highest BCUT2D eigenvalue weighted by Crippen LogP contribution is 2.10. The van der Waals surface area contributed by atoms with Gasteiger partial charge in [0.15, 0.2) is 0 Å². The van der Waals surface area contributed by atoms with E-state index in [9.17, 15) is 14.7 Å². The third-order valence-electron chi connectivity index (χ3n) is 3.19. The van der Waals surface area contributed by atoms with Crippen LogP contribution in [0.4, 0.5) is 0 Å². The van der Waals surface area contributed by atoms with Gasteiger partial charge in [-0.15, -0.1) is 0 Å². The Morgan fingerprint density at radius 1 is 0.879 bits per heavy atom. The molecule has 0 radical (unpaired) electrons. The van der Waals surface area contributed by atoms with E-state index >= 15 is 0 Å². The standard InChI is InChI=1S/C11H12O3.C10H14O4.C3H4O2/c1-2-11(12)14-9-8-13-10-6-4-3-5-7-10;11-6-7-13-8-10(12)14-9-4-2-1-3-5-9;1-2-3(4)5/h2-7H,1,8-9H2;1-5,10-12H,6-8H2;2H,1H2,(H,4,5). The number of carboxylic acids is 1. The molecular formula is C24H30O9. The second-order valence-electron chi connectivity index (χ2n) is 5.76. The van der Waals surface area contributed by atoms with Crippen molar-refractivity contribution in [2.45, 2.75) is 6.29 Å². The van der Waals surface area contributed by atoms with Crippen LogP contribution in [0.3, 0.4) is 0 Å². The Kier molecular flexibility index (Phi) is 18.0. The molecule has 0 fully saturated rings. The lowest BCUT2D eigenvalue weighted by Gasteiger charge is -2.12. The van der Waals surface area contributed by atoms with Crippen molar-refractivity contribution >= 4 is 11.9 Å². The highest BCUT2D eigenvalue weighted by Gasteiger charge is 2.04. The smallest absolute Gasteiger partial charge is 0.330 e. The maximum atomic E-state index is 10.6. The van der Waals surface area contributed by atoms with Gasteiger partial charge in [0.25, 0.3) is 0 Å². The molecule has 0 aliphatic rings. The molecule has 3 N–H and O–H groups in total. The van der Waals surface area contributed by atoms with Crippen LogP contribution in [0.2, 0.25) is 0 Å².